The molecule has 146 valence electrons. The van der Waals surface area contributed by atoms with Crippen molar-refractivity contribution in [2.45, 2.75) is 18.0 Å². The standard InChI is InChI=1S/C17H17F4N3O2S/c1-10-7-13(18)14(8-15(10)27-9-17(19,20)21)23-16(22)11-3-5-12(6-4-11)24(2,25)26/h3-8,25H,9H2,1-2H3,(H2,22,23). The number of amidine groups is 1. The number of aryl methyl sites for hydroxylation is 1. The molecule has 2 rings (SSSR count). The third-order valence-electron chi connectivity index (χ3n) is 3.52. The van der Waals surface area contributed by atoms with Gasteiger partial charge in [0.1, 0.15) is 24.4 Å². The van der Waals surface area contributed by atoms with Crippen LogP contribution < -0.4 is 10.5 Å². The molecule has 0 saturated heterocycles. The lowest BCUT2D eigenvalue weighted by atomic mass is 10.1. The second kappa shape index (κ2) is 7.85. The van der Waals surface area contributed by atoms with Crippen LogP contribution in [0, 0.1) is 17.9 Å². The lowest BCUT2D eigenvalue weighted by molar-refractivity contribution is -0.105. The summed E-state index contributed by atoms with van der Waals surface area (Å²) in [5.41, 5.74) is 6.41. The van der Waals surface area contributed by atoms with Crippen LogP contribution in [-0.2, 0) is 0 Å². The smallest absolute Gasteiger partial charge is 0.398 e. The molecule has 1 unspecified atom stereocenters. The largest absolute Gasteiger partial charge is 0.593 e. The highest BCUT2D eigenvalue weighted by atomic mass is 32.2. The highest BCUT2D eigenvalue weighted by molar-refractivity contribution is 7.99. The molecular weight excluding hydrogens is 386 g/mol. The van der Waals surface area contributed by atoms with Gasteiger partial charge in [-0.3, -0.25) is 0 Å². The molecule has 5 nitrogen and oxygen atoms in total. The van der Waals surface area contributed by atoms with Gasteiger partial charge in [-0.25, -0.2) is 14.6 Å². The van der Waals surface area contributed by atoms with E-state index in [-0.39, 0.29) is 22.1 Å². The molecule has 0 amide bonds. The van der Waals surface area contributed by atoms with Crippen molar-refractivity contribution in [3.05, 3.63) is 58.5 Å². The van der Waals surface area contributed by atoms with Crippen molar-refractivity contribution in [3.8, 4) is 0 Å². The van der Waals surface area contributed by atoms with Crippen molar-refractivity contribution in [2.24, 2.45) is 10.7 Å². The van der Waals surface area contributed by atoms with Crippen molar-refractivity contribution < 1.29 is 22.8 Å². The van der Waals surface area contributed by atoms with Gasteiger partial charge in [0.2, 0.25) is 0 Å². The highest BCUT2D eigenvalue weighted by Crippen LogP contribution is 2.33. The lowest BCUT2D eigenvalue weighted by Crippen LogP contribution is -2.33. The zero-order valence-electron chi connectivity index (χ0n) is 14.4. The van der Waals surface area contributed by atoms with E-state index in [9.17, 15) is 28.0 Å². The van der Waals surface area contributed by atoms with E-state index in [0.29, 0.717) is 22.9 Å². The molecule has 3 N–H and O–H groups in total. The Balaban J connectivity index is 2.31. The number of quaternary nitrogens is 1. The molecular formula is C17H17F4N3O2S. The summed E-state index contributed by atoms with van der Waals surface area (Å²) in [6.45, 7) is 1.50. The van der Waals surface area contributed by atoms with Crippen LogP contribution in [0.15, 0.2) is 46.3 Å². The van der Waals surface area contributed by atoms with Crippen LogP contribution in [-0.4, -0.2) is 30.0 Å². The number of alkyl halides is 3. The van der Waals surface area contributed by atoms with Crippen LogP contribution in [0.4, 0.5) is 28.9 Å². The molecule has 0 aliphatic rings. The number of thioether (sulfide) groups is 1. The number of aliphatic imine (C=N–C) groups is 1. The monoisotopic (exact) mass is 403 g/mol. The van der Waals surface area contributed by atoms with Gasteiger partial charge in [-0.1, -0.05) is 0 Å². The Morgan fingerprint density at radius 2 is 1.85 bits per heavy atom. The van der Waals surface area contributed by atoms with Gasteiger partial charge in [-0.05, 0) is 36.8 Å². The fraction of sp³-hybridized carbons (Fsp3) is 0.235. The lowest BCUT2D eigenvalue weighted by Gasteiger charge is -2.27. The fourth-order valence-corrected chi connectivity index (χ4v) is 2.95. The van der Waals surface area contributed by atoms with E-state index >= 15 is 0 Å². The maximum atomic E-state index is 14.1. The van der Waals surface area contributed by atoms with Gasteiger partial charge < -0.3 is 10.9 Å². The summed E-state index contributed by atoms with van der Waals surface area (Å²) in [5, 5.41) is 20.8. The first kappa shape index (κ1) is 21.2. The van der Waals surface area contributed by atoms with Gasteiger partial charge in [-0.2, -0.15) is 18.0 Å². The van der Waals surface area contributed by atoms with E-state index in [0.717, 1.165) is 13.1 Å². The Morgan fingerprint density at radius 3 is 2.37 bits per heavy atom. The number of nitrogens with two attached hydrogens (primary N) is 1. The summed E-state index contributed by atoms with van der Waals surface area (Å²) in [6.07, 6.45) is -4.35. The Labute approximate surface area is 157 Å². The number of halogens is 4. The van der Waals surface area contributed by atoms with Gasteiger partial charge in [0.15, 0.2) is 5.69 Å². The van der Waals surface area contributed by atoms with Crippen LogP contribution in [0.3, 0.4) is 0 Å². The van der Waals surface area contributed by atoms with Gasteiger partial charge >= 0.3 is 6.18 Å². The van der Waals surface area contributed by atoms with Crippen LogP contribution >= 0.6 is 11.8 Å². The summed E-state index contributed by atoms with van der Waals surface area (Å²) >= 11 is 0.538. The van der Waals surface area contributed by atoms with Gasteiger partial charge in [0.05, 0.1) is 5.75 Å². The maximum Gasteiger partial charge on any atom is 0.398 e. The van der Waals surface area contributed by atoms with Crippen molar-refractivity contribution in [2.75, 3.05) is 12.8 Å². The van der Waals surface area contributed by atoms with Gasteiger partial charge in [0, 0.05) is 22.6 Å². The van der Waals surface area contributed by atoms with Gasteiger partial charge in [0.25, 0.3) is 0 Å². The number of nitrogens with zero attached hydrogens (tertiary/aromatic N) is 2. The molecule has 0 radical (unpaired) electrons. The molecule has 2 aromatic carbocycles. The summed E-state index contributed by atoms with van der Waals surface area (Å²) in [4.78, 5) is 2.57. The van der Waals surface area contributed by atoms with Crippen molar-refractivity contribution in [1.29, 1.82) is 0 Å². The summed E-state index contributed by atoms with van der Waals surface area (Å²) < 4.78 is 51.4. The Morgan fingerprint density at radius 1 is 1.26 bits per heavy atom. The molecule has 0 aliphatic carbocycles. The quantitative estimate of drug-likeness (QED) is 0.190. The molecule has 0 bridgehead atoms. The number of benzene rings is 2. The van der Waals surface area contributed by atoms with Crippen LogP contribution in [0.1, 0.15) is 11.1 Å². The topological polar surface area (TPSA) is 81.7 Å². The van der Waals surface area contributed by atoms with Crippen molar-refractivity contribution >= 4 is 29.0 Å². The van der Waals surface area contributed by atoms with Gasteiger partial charge in [-0.15, -0.1) is 11.8 Å². The predicted molar refractivity (Wildman–Crippen MR) is 97.6 cm³/mol. The number of hydrogen-bond acceptors (Lipinski definition) is 4. The van der Waals surface area contributed by atoms with E-state index in [2.05, 4.69) is 4.99 Å². The average Bonchev–Trinajstić information content (AvgIpc) is 2.54. The van der Waals surface area contributed by atoms with E-state index in [1.54, 1.807) is 0 Å². The van der Waals surface area contributed by atoms with Crippen molar-refractivity contribution in [3.63, 3.8) is 0 Å². The van der Waals surface area contributed by atoms with E-state index in [1.807, 2.05) is 0 Å². The zero-order chi connectivity index (χ0) is 20.4. The minimum absolute atomic E-state index is 0.0545. The van der Waals surface area contributed by atoms with Crippen LogP contribution in [0.25, 0.3) is 0 Å². The minimum Gasteiger partial charge on any atom is -0.593 e. The molecule has 0 fully saturated rings. The van der Waals surface area contributed by atoms with E-state index < -0.39 is 22.6 Å². The first-order chi connectivity index (χ1) is 12.4. The molecule has 0 saturated carbocycles. The molecule has 0 aliphatic heterocycles. The SMILES string of the molecule is Cc1cc(F)c(N=C(N)c2ccc([N+](C)([O-])O)cc2)cc1SCC(F)(F)F. The van der Waals surface area contributed by atoms with E-state index in [1.165, 1.54) is 37.3 Å². The Bertz CT molecular complexity index is 847. The summed E-state index contributed by atoms with van der Waals surface area (Å²) in [7, 11) is 1.02. The zero-order valence-corrected chi connectivity index (χ0v) is 15.2. The molecule has 10 heteroatoms. The predicted octanol–water partition coefficient (Wildman–Crippen LogP) is 4.65. The normalized spacial score (nSPS) is 14.9. The summed E-state index contributed by atoms with van der Waals surface area (Å²) in [6, 6.07) is 7.82. The maximum absolute atomic E-state index is 14.1. The number of hydrogen-bond donors (Lipinski definition) is 2. The molecule has 0 aromatic heterocycles. The average molecular weight is 403 g/mol. The number of hydroxylamine groups is 2. The van der Waals surface area contributed by atoms with Crippen LogP contribution in [0.2, 0.25) is 0 Å². The molecule has 27 heavy (non-hydrogen) atoms. The number of rotatable bonds is 5. The molecule has 0 spiro atoms. The molecule has 1 atom stereocenters. The second-order valence-corrected chi connectivity index (χ2v) is 6.91. The van der Waals surface area contributed by atoms with E-state index in [4.69, 9.17) is 5.73 Å². The Hall–Kier alpha value is -2.14. The minimum atomic E-state index is -4.35. The molecule has 0 heterocycles. The molecule has 2 aromatic rings. The highest BCUT2D eigenvalue weighted by Gasteiger charge is 2.27. The Kier molecular flexibility index (Phi) is 6.15. The fourth-order valence-electron chi connectivity index (χ4n) is 2.15. The first-order valence-corrected chi connectivity index (χ1v) is 8.60. The third-order valence-corrected chi connectivity index (χ3v) is 4.74. The first-order valence-electron chi connectivity index (χ1n) is 7.62. The second-order valence-electron chi connectivity index (χ2n) is 5.90. The van der Waals surface area contributed by atoms with Crippen molar-refractivity contribution in [1.82, 2.24) is 4.81 Å². The summed E-state index contributed by atoms with van der Waals surface area (Å²) in [5.74, 6) is -1.91. The third kappa shape index (κ3) is 5.93. The van der Waals surface area contributed by atoms with Crippen LogP contribution in [0.5, 0.6) is 0 Å².